The number of rotatable bonds is 5. The van der Waals surface area contributed by atoms with E-state index < -0.39 is 11.7 Å². The molecule has 1 fully saturated rings. The Balaban J connectivity index is 1.49. The number of hydrogen-bond donors (Lipinski definition) is 3. The zero-order valence-corrected chi connectivity index (χ0v) is 14.1. The zero-order valence-electron chi connectivity index (χ0n) is 14.1. The van der Waals surface area contributed by atoms with Gasteiger partial charge in [0.1, 0.15) is 5.82 Å². The standard InChI is InChI=1S/C19H20FN3O3/c20-14-4-1-3-13(11-14)18(24)22-15-6-8-16(9-7-15)23-19(25)21-12-17-5-2-10-26-17/h1,3-4,6-9,11,17H,2,5,10,12H2,(H,22,24)(H2,21,23,25). The van der Waals surface area contributed by atoms with Gasteiger partial charge in [0, 0.05) is 30.1 Å². The molecule has 0 spiro atoms. The number of ether oxygens (including phenoxy) is 1. The van der Waals surface area contributed by atoms with Gasteiger partial charge in [0.2, 0.25) is 0 Å². The Hall–Kier alpha value is -2.93. The van der Waals surface area contributed by atoms with Crippen LogP contribution in [0.15, 0.2) is 48.5 Å². The first kappa shape index (κ1) is 17.9. The molecule has 3 amide bonds. The third-order valence-corrected chi connectivity index (χ3v) is 4.00. The second-order valence-corrected chi connectivity index (χ2v) is 6.01. The van der Waals surface area contributed by atoms with Crippen molar-refractivity contribution in [1.29, 1.82) is 0 Å². The van der Waals surface area contributed by atoms with Crippen LogP contribution in [-0.4, -0.2) is 31.2 Å². The number of amides is 3. The Morgan fingerprint density at radius 2 is 1.81 bits per heavy atom. The lowest BCUT2D eigenvalue weighted by molar-refractivity contribution is 0.102. The van der Waals surface area contributed by atoms with E-state index in [9.17, 15) is 14.0 Å². The molecule has 26 heavy (non-hydrogen) atoms. The lowest BCUT2D eigenvalue weighted by Crippen LogP contribution is -2.35. The van der Waals surface area contributed by atoms with Crippen molar-refractivity contribution in [2.45, 2.75) is 18.9 Å². The summed E-state index contributed by atoms with van der Waals surface area (Å²) < 4.78 is 18.6. The second kappa shape index (κ2) is 8.44. The fourth-order valence-electron chi connectivity index (χ4n) is 2.66. The van der Waals surface area contributed by atoms with Gasteiger partial charge in [-0.25, -0.2) is 9.18 Å². The molecule has 1 atom stereocenters. The molecule has 3 N–H and O–H groups in total. The maximum Gasteiger partial charge on any atom is 0.319 e. The van der Waals surface area contributed by atoms with Crippen LogP contribution >= 0.6 is 0 Å². The normalized spacial score (nSPS) is 16.1. The Labute approximate surface area is 150 Å². The minimum atomic E-state index is -0.466. The summed E-state index contributed by atoms with van der Waals surface area (Å²) in [6.07, 6.45) is 2.07. The minimum absolute atomic E-state index is 0.0844. The number of urea groups is 1. The predicted molar refractivity (Wildman–Crippen MR) is 96.8 cm³/mol. The molecule has 1 unspecified atom stereocenters. The Kier molecular flexibility index (Phi) is 5.80. The summed E-state index contributed by atoms with van der Waals surface area (Å²) in [6, 6.07) is 11.8. The quantitative estimate of drug-likeness (QED) is 0.767. The number of nitrogens with one attached hydrogen (secondary N) is 3. The van der Waals surface area contributed by atoms with Crippen molar-refractivity contribution < 1.29 is 18.7 Å². The van der Waals surface area contributed by atoms with E-state index in [1.807, 2.05) is 0 Å². The minimum Gasteiger partial charge on any atom is -0.376 e. The van der Waals surface area contributed by atoms with Crippen LogP contribution in [0.1, 0.15) is 23.2 Å². The highest BCUT2D eigenvalue weighted by Crippen LogP contribution is 2.15. The lowest BCUT2D eigenvalue weighted by atomic mass is 10.2. The molecule has 0 saturated carbocycles. The first-order valence-corrected chi connectivity index (χ1v) is 8.43. The van der Waals surface area contributed by atoms with Gasteiger partial charge in [-0.3, -0.25) is 4.79 Å². The molecule has 0 bridgehead atoms. The first-order chi connectivity index (χ1) is 12.6. The molecule has 136 valence electrons. The topological polar surface area (TPSA) is 79.5 Å². The third-order valence-electron chi connectivity index (χ3n) is 4.00. The third kappa shape index (κ3) is 5.03. The Bertz CT molecular complexity index is 774. The van der Waals surface area contributed by atoms with Crippen LogP contribution in [0.4, 0.5) is 20.6 Å². The second-order valence-electron chi connectivity index (χ2n) is 6.01. The average molecular weight is 357 g/mol. The van der Waals surface area contributed by atoms with Gasteiger partial charge < -0.3 is 20.7 Å². The smallest absolute Gasteiger partial charge is 0.319 e. The van der Waals surface area contributed by atoms with Crippen LogP contribution in [0.5, 0.6) is 0 Å². The van der Waals surface area contributed by atoms with Crippen molar-refractivity contribution in [3.05, 3.63) is 59.9 Å². The fourth-order valence-corrected chi connectivity index (χ4v) is 2.66. The fraction of sp³-hybridized carbons (Fsp3) is 0.263. The van der Waals surface area contributed by atoms with Gasteiger partial charge in [-0.05, 0) is 55.3 Å². The highest BCUT2D eigenvalue weighted by Gasteiger charge is 2.16. The van der Waals surface area contributed by atoms with Crippen LogP contribution in [0.3, 0.4) is 0 Å². The number of carbonyl (C=O) groups excluding carboxylic acids is 2. The molecule has 6 nitrogen and oxygen atoms in total. The molecule has 1 aliphatic heterocycles. The van der Waals surface area contributed by atoms with E-state index in [2.05, 4.69) is 16.0 Å². The van der Waals surface area contributed by atoms with Crippen molar-refractivity contribution >= 4 is 23.3 Å². The SMILES string of the molecule is O=C(NCC1CCCO1)Nc1ccc(NC(=O)c2cccc(F)c2)cc1. The molecule has 1 aliphatic rings. The van der Waals surface area contributed by atoms with E-state index in [1.165, 1.54) is 24.3 Å². The Morgan fingerprint density at radius 1 is 1.08 bits per heavy atom. The molecule has 2 aromatic rings. The number of carbonyl (C=O) groups is 2. The van der Waals surface area contributed by atoms with Gasteiger partial charge in [0.15, 0.2) is 0 Å². The van der Waals surface area contributed by atoms with Gasteiger partial charge in [-0.15, -0.1) is 0 Å². The molecule has 0 radical (unpaired) electrons. The van der Waals surface area contributed by atoms with E-state index in [1.54, 1.807) is 24.3 Å². The lowest BCUT2D eigenvalue weighted by Gasteiger charge is -2.12. The van der Waals surface area contributed by atoms with Gasteiger partial charge in [-0.1, -0.05) is 6.07 Å². The van der Waals surface area contributed by atoms with E-state index in [0.29, 0.717) is 17.9 Å². The highest BCUT2D eigenvalue weighted by molar-refractivity contribution is 6.04. The average Bonchev–Trinajstić information content (AvgIpc) is 3.15. The van der Waals surface area contributed by atoms with Gasteiger partial charge >= 0.3 is 6.03 Å². The van der Waals surface area contributed by atoms with Crippen LogP contribution in [0, 0.1) is 5.82 Å². The number of benzene rings is 2. The molecular weight excluding hydrogens is 337 g/mol. The summed E-state index contributed by atoms with van der Waals surface area (Å²) in [5.74, 6) is -0.870. The zero-order chi connectivity index (χ0) is 18.4. The van der Waals surface area contributed by atoms with Crippen LogP contribution in [-0.2, 0) is 4.74 Å². The van der Waals surface area contributed by atoms with E-state index in [4.69, 9.17) is 4.74 Å². The number of hydrogen-bond acceptors (Lipinski definition) is 3. The molecule has 0 aromatic heterocycles. The summed E-state index contributed by atoms with van der Waals surface area (Å²) in [6.45, 7) is 1.23. The summed E-state index contributed by atoms with van der Waals surface area (Å²) in [7, 11) is 0. The van der Waals surface area contributed by atoms with Crippen molar-refractivity contribution in [3.8, 4) is 0 Å². The highest BCUT2D eigenvalue weighted by atomic mass is 19.1. The Morgan fingerprint density at radius 3 is 2.46 bits per heavy atom. The first-order valence-electron chi connectivity index (χ1n) is 8.43. The number of halogens is 1. The van der Waals surface area contributed by atoms with Crippen molar-refractivity contribution in [3.63, 3.8) is 0 Å². The molecule has 1 saturated heterocycles. The maximum atomic E-state index is 13.2. The molecule has 7 heteroatoms. The largest absolute Gasteiger partial charge is 0.376 e. The predicted octanol–water partition coefficient (Wildman–Crippen LogP) is 3.38. The number of anilines is 2. The maximum absolute atomic E-state index is 13.2. The monoisotopic (exact) mass is 357 g/mol. The van der Waals surface area contributed by atoms with Crippen molar-refractivity contribution in [1.82, 2.24) is 5.32 Å². The molecule has 0 aliphatic carbocycles. The van der Waals surface area contributed by atoms with Gasteiger partial charge in [0.25, 0.3) is 5.91 Å². The molecule has 1 heterocycles. The van der Waals surface area contributed by atoms with Crippen molar-refractivity contribution in [2.24, 2.45) is 0 Å². The summed E-state index contributed by atoms with van der Waals surface area (Å²) >= 11 is 0. The van der Waals surface area contributed by atoms with E-state index in [-0.39, 0.29) is 17.7 Å². The summed E-state index contributed by atoms with van der Waals surface area (Å²) in [5, 5.41) is 8.16. The van der Waals surface area contributed by atoms with Crippen LogP contribution in [0.2, 0.25) is 0 Å². The van der Waals surface area contributed by atoms with E-state index in [0.717, 1.165) is 19.4 Å². The van der Waals surface area contributed by atoms with E-state index >= 15 is 0 Å². The van der Waals surface area contributed by atoms with Gasteiger partial charge in [-0.2, -0.15) is 0 Å². The summed E-state index contributed by atoms with van der Waals surface area (Å²) in [4.78, 5) is 23.9. The van der Waals surface area contributed by atoms with Crippen LogP contribution in [0.25, 0.3) is 0 Å². The summed E-state index contributed by atoms with van der Waals surface area (Å²) in [5.41, 5.74) is 1.38. The molecule has 3 rings (SSSR count). The van der Waals surface area contributed by atoms with Crippen LogP contribution < -0.4 is 16.0 Å². The van der Waals surface area contributed by atoms with Crippen molar-refractivity contribution in [2.75, 3.05) is 23.8 Å². The molecular formula is C19H20FN3O3. The molecule has 2 aromatic carbocycles. The van der Waals surface area contributed by atoms with Gasteiger partial charge in [0.05, 0.1) is 6.10 Å².